The summed E-state index contributed by atoms with van der Waals surface area (Å²) in [6, 6.07) is 6.98. The summed E-state index contributed by atoms with van der Waals surface area (Å²) < 4.78 is 16.9. The molecular formula is C24H30N2O5. The zero-order valence-electron chi connectivity index (χ0n) is 18.8. The number of fused-ring (bicyclic) bond motifs is 3. The van der Waals surface area contributed by atoms with E-state index in [9.17, 15) is 9.59 Å². The summed E-state index contributed by atoms with van der Waals surface area (Å²) in [5.74, 6) is 1.47. The van der Waals surface area contributed by atoms with Gasteiger partial charge in [0, 0.05) is 19.0 Å². The van der Waals surface area contributed by atoms with Gasteiger partial charge >= 0.3 is 0 Å². The molecule has 0 unspecified atom stereocenters. The number of anilines is 1. The first-order valence-corrected chi connectivity index (χ1v) is 10.5. The zero-order valence-corrected chi connectivity index (χ0v) is 18.8. The standard InChI is InChI=1S/C24H30N2O5/c1-6-11-25-19-10-8-16-17(13-20(19)28)18(26-14(2)27)9-7-15-12-21(29-3)23(30-4)24(31-5)22(15)16/h8,10,12-13,18H,6-7,9,11H2,1-5H3,(H,25,28)(H,26,27)/t18-/m0/s1. The first-order valence-electron chi connectivity index (χ1n) is 10.5. The molecule has 1 amide bonds. The highest BCUT2D eigenvalue weighted by Crippen LogP contribution is 2.50. The molecule has 2 aromatic carbocycles. The Kier molecular flexibility index (Phi) is 7.05. The number of amides is 1. The number of benzene rings is 1. The summed E-state index contributed by atoms with van der Waals surface area (Å²) in [7, 11) is 4.74. The van der Waals surface area contributed by atoms with Crippen LogP contribution in [0, 0.1) is 0 Å². The number of rotatable bonds is 7. The number of ether oxygens (including phenoxy) is 3. The summed E-state index contributed by atoms with van der Waals surface area (Å²) >= 11 is 0. The van der Waals surface area contributed by atoms with Crippen LogP contribution in [0.2, 0.25) is 0 Å². The molecule has 1 aliphatic carbocycles. The molecule has 0 aromatic heterocycles. The number of aryl methyl sites for hydroxylation is 1. The van der Waals surface area contributed by atoms with E-state index in [1.54, 1.807) is 33.5 Å². The molecule has 31 heavy (non-hydrogen) atoms. The van der Waals surface area contributed by atoms with E-state index in [0.717, 1.165) is 28.7 Å². The molecule has 0 radical (unpaired) electrons. The fraction of sp³-hybridized carbons (Fsp3) is 0.417. The van der Waals surface area contributed by atoms with Crippen molar-refractivity contribution in [2.24, 2.45) is 0 Å². The highest BCUT2D eigenvalue weighted by atomic mass is 16.5. The summed E-state index contributed by atoms with van der Waals surface area (Å²) in [5.41, 5.74) is 3.84. The van der Waals surface area contributed by atoms with Crippen molar-refractivity contribution in [1.29, 1.82) is 0 Å². The maximum Gasteiger partial charge on any atom is 0.217 e. The Hall–Kier alpha value is -3.22. The summed E-state index contributed by atoms with van der Waals surface area (Å²) in [4.78, 5) is 24.9. The van der Waals surface area contributed by atoms with Crippen molar-refractivity contribution < 1.29 is 19.0 Å². The zero-order chi connectivity index (χ0) is 22.5. The van der Waals surface area contributed by atoms with E-state index in [1.165, 1.54) is 6.92 Å². The fourth-order valence-corrected chi connectivity index (χ4v) is 4.11. The molecule has 3 rings (SSSR count). The lowest BCUT2D eigenvalue weighted by Crippen LogP contribution is -2.26. The fourth-order valence-electron chi connectivity index (χ4n) is 4.11. The first kappa shape index (κ1) is 22.5. The predicted octanol–water partition coefficient (Wildman–Crippen LogP) is 3.68. The van der Waals surface area contributed by atoms with Crippen molar-refractivity contribution in [3.05, 3.63) is 45.6 Å². The van der Waals surface area contributed by atoms with E-state index in [0.29, 0.717) is 42.3 Å². The number of nitrogens with one attached hydrogen (secondary N) is 2. The number of hydrogen-bond donors (Lipinski definition) is 2. The van der Waals surface area contributed by atoms with Gasteiger partial charge in [0.05, 0.1) is 33.1 Å². The van der Waals surface area contributed by atoms with E-state index in [1.807, 2.05) is 19.1 Å². The molecule has 0 saturated heterocycles. The van der Waals surface area contributed by atoms with E-state index in [4.69, 9.17) is 14.2 Å². The van der Waals surface area contributed by atoms with Crippen molar-refractivity contribution in [2.45, 2.75) is 39.2 Å². The van der Waals surface area contributed by atoms with Crippen molar-refractivity contribution in [3.63, 3.8) is 0 Å². The summed E-state index contributed by atoms with van der Waals surface area (Å²) in [6.45, 7) is 4.23. The number of hydrogen-bond acceptors (Lipinski definition) is 6. The Labute approximate surface area is 182 Å². The van der Waals surface area contributed by atoms with Gasteiger partial charge in [0.1, 0.15) is 0 Å². The van der Waals surface area contributed by atoms with Crippen molar-refractivity contribution in [1.82, 2.24) is 5.32 Å². The average molecular weight is 427 g/mol. The average Bonchev–Trinajstić information content (AvgIpc) is 2.99. The molecule has 7 nitrogen and oxygen atoms in total. The molecule has 0 spiro atoms. The molecule has 1 atom stereocenters. The van der Waals surface area contributed by atoms with Gasteiger partial charge in [0.2, 0.25) is 17.1 Å². The predicted molar refractivity (Wildman–Crippen MR) is 121 cm³/mol. The van der Waals surface area contributed by atoms with Crippen LogP contribution in [0.3, 0.4) is 0 Å². The maximum atomic E-state index is 13.0. The van der Waals surface area contributed by atoms with Gasteiger partial charge in [-0.2, -0.15) is 0 Å². The Morgan fingerprint density at radius 3 is 2.45 bits per heavy atom. The van der Waals surface area contributed by atoms with Crippen LogP contribution in [-0.2, 0) is 11.2 Å². The van der Waals surface area contributed by atoms with Gasteiger partial charge in [-0.3, -0.25) is 9.59 Å². The van der Waals surface area contributed by atoms with Gasteiger partial charge in [-0.05, 0) is 54.2 Å². The van der Waals surface area contributed by atoms with Crippen LogP contribution in [-0.4, -0.2) is 33.8 Å². The SMILES string of the molecule is CCCNc1ccc2c(cc1=O)[C@@H](NC(C)=O)CCc1cc(OC)c(OC)c(OC)c1-2. The van der Waals surface area contributed by atoms with Crippen molar-refractivity contribution in [2.75, 3.05) is 33.2 Å². The Balaban J connectivity index is 2.36. The van der Waals surface area contributed by atoms with E-state index in [2.05, 4.69) is 10.6 Å². The third-order valence-electron chi connectivity index (χ3n) is 5.48. The van der Waals surface area contributed by atoms with E-state index in [-0.39, 0.29) is 17.4 Å². The van der Waals surface area contributed by atoms with Crippen LogP contribution in [0.1, 0.15) is 43.9 Å². The van der Waals surface area contributed by atoms with Crippen LogP contribution >= 0.6 is 0 Å². The minimum Gasteiger partial charge on any atom is -0.493 e. The smallest absolute Gasteiger partial charge is 0.217 e. The highest BCUT2D eigenvalue weighted by Gasteiger charge is 2.29. The topological polar surface area (TPSA) is 85.9 Å². The number of carbonyl (C=O) groups is 1. The Morgan fingerprint density at radius 2 is 1.84 bits per heavy atom. The summed E-state index contributed by atoms with van der Waals surface area (Å²) in [5, 5.41) is 6.20. The van der Waals surface area contributed by atoms with Gasteiger partial charge in [0.15, 0.2) is 11.5 Å². The molecule has 166 valence electrons. The molecule has 0 saturated carbocycles. The number of carbonyl (C=O) groups excluding carboxylic acids is 1. The second kappa shape index (κ2) is 9.73. The molecule has 0 fully saturated rings. The van der Waals surface area contributed by atoms with Gasteiger partial charge in [-0.15, -0.1) is 0 Å². The quantitative estimate of drug-likeness (QED) is 0.702. The Bertz CT molecular complexity index is 1040. The normalized spacial score (nSPS) is 14.5. The van der Waals surface area contributed by atoms with Crippen LogP contribution in [0.4, 0.5) is 5.69 Å². The molecule has 1 aliphatic rings. The second-order valence-electron chi connectivity index (χ2n) is 7.52. The van der Waals surface area contributed by atoms with Gasteiger partial charge < -0.3 is 24.8 Å². The monoisotopic (exact) mass is 426 g/mol. The lowest BCUT2D eigenvalue weighted by Gasteiger charge is -2.19. The summed E-state index contributed by atoms with van der Waals surface area (Å²) in [6.07, 6.45) is 2.21. The van der Waals surface area contributed by atoms with Crippen molar-refractivity contribution >= 4 is 11.6 Å². The van der Waals surface area contributed by atoms with Crippen LogP contribution in [0.15, 0.2) is 29.1 Å². The van der Waals surface area contributed by atoms with Crippen LogP contribution < -0.4 is 30.3 Å². The molecule has 0 bridgehead atoms. The van der Waals surface area contributed by atoms with Gasteiger partial charge in [-0.25, -0.2) is 0 Å². The molecule has 0 aliphatic heterocycles. The second-order valence-corrected chi connectivity index (χ2v) is 7.52. The lowest BCUT2D eigenvalue weighted by molar-refractivity contribution is -0.119. The highest BCUT2D eigenvalue weighted by molar-refractivity contribution is 5.83. The molecule has 7 heteroatoms. The first-order chi connectivity index (χ1) is 14.9. The van der Waals surface area contributed by atoms with E-state index < -0.39 is 0 Å². The van der Waals surface area contributed by atoms with E-state index >= 15 is 0 Å². The third kappa shape index (κ3) is 4.45. The number of methoxy groups -OCH3 is 3. The van der Waals surface area contributed by atoms with Crippen LogP contribution in [0.5, 0.6) is 17.2 Å². The third-order valence-corrected chi connectivity index (χ3v) is 5.48. The van der Waals surface area contributed by atoms with Crippen LogP contribution in [0.25, 0.3) is 11.1 Å². The molecule has 2 aromatic rings. The van der Waals surface area contributed by atoms with Crippen molar-refractivity contribution in [3.8, 4) is 28.4 Å². The minimum atomic E-state index is -0.305. The maximum absolute atomic E-state index is 13.0. The Morgan fingerprint density at radius 1 is 1.10 bits per heavy atom. The molecule has 0 heterocycles. The van der Waals surface area contributed by atoms with Gasteiger partial charge in [0.25, 0.3) is 0 Å². The minimum absolute atomic E-state index is 0.118. The molecule has 2 N–H and O–H groups in total. The largest absolute Gasteiger partial charge is 0.493 e. The molecular weight excluding hydrogens is 396 g/mol. The lowest BCUT2D eigenvalue weighted by atomic mass is 9.95. The van der Waals surface area contributed by atoms with Gasteiger partial charge in [-0.1, -0.05) is 13.0 Å².